The van der Waals surface area contributed by atoms with Crippen LogP contribution in [0.3, 0.4) is 0 Å². The van der Waals surface area contributed by atoms with Gasteiger partial charge in [0, 0.05) is 24.5 Å². The summed E-state index contributed by atoms with van der Waals surface area (Å²) in [6.07, 6.45) is 5.22. The Bertz CT molecular complexity index is 1140. The van der Waals surface area contributed by atoms with Crippen LogP contribution in [-0.4, -0.2) is 31.7 Å². The van der Waals surface area contributed by atoms with Gasteiger partial charge in [0.1, 0.15) is 5.92 Å². The maximum atomic E-state index is 12.9. The lowest BCUT2D eigenvalue weighted by Crippen LogP contribution is -2.18. The van der Waals surface area contributed by atoms with Gasteiger partial charge in [0.05, 0.1) is 22.7 Å². The van der Waals surface area contributed by atoms with Gasteiger partial charge < -0.3 is 10.6 Å². The van der Waals surface area contributed by atoms with Gasteiger partial charge in [-0.1, -0.05) is 19.8 Å². The number of nitrogens with zero attached hydrogens (tertiary/aromatic N) is 5. The van der Waals surface area contributed by atoms with Crippen LogP contribution in [0.1, 0.15) is 62.8 Å². The van der Waals surface area contributed by atoms with Crippen molar-refractivity contribution in [2.45, 2.75) is 58.5 Å². The molecule has 0 spiro atoms. The molecule has 8 heteroatoms. The van der Waals surface area contributed by atoms with Crippen LogP contribution >= 0.6 is 0 Å². The number of hydrogen-bond donors (Lipinski definition) is 2. The minimum atomic E-state index is -0.611. The van der Waals surface area contributed by atoms with Crippen molar-refractivity contribution < 1.29 is 4.79 Å². The van der Waals surface area contributed by atoms with Gasteiger partial charge in [0.25, 0.3) is 0 Å². The SMILES string of the molecule is CCCCCn1cc2c(C3C(=O)Nc4ccc(C#N)cc43)nc(NC(C)C)nc2n1. The molecule has 8 nitrogen and oxygen atoms in total. The predicted octanol–water partition coefficient (Wildman–Crippen LogP) is 3.79. The quantitative estimate of drug-likeness (QED) is 0.581. The molecule has 1 aliphatic rings. The monoisotopic (exact) mass is 403 g/mol. The lowest BCUT2D eigenvalue weighted by molar-refractivity contribution is -0.116. The number of anilines is 2. The standard InChI is InChI=1S/C22H25N7O/c1-4-5-6-9-29-12-16-19(26-22(24-13(2)3)27-20(16)28-29)18-15-10-14(11-23)7-8-17(15)25-21(18)30/h7-8,10,12-13,18H,4-6,9H2,1-3H3,(H,25,30)(H,24,27,28). The smallest absolute Gasteiger partial charge is 0.238 e. The molecule has 1 atom stereocenters. The first-order chi connectivity index (χ1) is 14.5. The average Bonchev–Trinajstić information content (AvgIpc) is 3.26. The Hall–Kier alpha value is -3.47. The molecule has 1 aromatic carbocycles. The summed E-state index contributed by atoms with van der Waals surface area (Å²) in [7, 11) is 0. The summed E-state index contributed by atoms with van der Waals surface area (Å²) >= 11 is 0. The number of fused-ring (bicyclic) bond motifs is 2. The zero-order chi connectivity index (χ0) is 21.3. The highest BCUT2D eigenvalue weighted by atomic mass is 16.2. The lowest BCUT2D eigenvalue weighted by Gasteiger charge is -2.13. The van der Waals surface area contributed by atoms with Crippen molar-refractivity contribution in [3.8, 4) is 6.07 Å². The van der Waals surface area contributed by atoms with Gasteiger partial charge in [-0.25, -0.2) is 4.98 Å². The summed E-state index contributed by atoms with van der Waals surface area (Å²) in [5.41, 5.74) is 3.16. The van der Waals surface area contributed by atoms with Crippen molar-refractivity contribution in [2.24, 2.45) is 0 Å². The summed E-state index contributed by atoms with van der Waals surface area (Å²) in [6, 6.07) is 7.52. The van der Waals surface area contributed by atoms with Crippen molar-refractivity contribution in [3.63, 3.8) is 0 Å². The van der Waals surface area contributed by atoms with Gasteiger partial charge in [-0.3, -0.25) is 9.48 Å². The Balaban J connectivity index is 1.84. The molecule has 0 bridgehead atoms. The van der Waals surface area contributed by atoms with E-state index in [0.29, 0.717) is 28.5 Å². The van der Waals surface area contributed by atoms with E-state index in [0.717, 1.165) is 36.8 Å². The van der Waals surface area contributed by atoms with Gasteiger partial charge in [-0.2, -0.15) is 15.3 Å². The number of benzene rings is 1. The summed E-state index contributed by atoms with van der Waals surface area (Å²) in [6.45, 7) is 6.97. The molecular formula is C22H25N7O. The summed E-state index contributed by atoms with van der Waals surface area (Å²) in [4.78, 5) is 22.2. The number of unbranched alkanes of at least 4 members (excludes halogenated alkanes) is 2. The van der Waals surface area contributed by atoms with Crippen molar-refractivity contribution in [2.75, 3.05) is 10.6 Å². The van der Waals surface area contributed by atoms with E-state index < -0.39 is 5.92 Å². The maximum absolute atomic E-state index is 12.9. The van der Waals surface area contributed by atoms with E-state index in [9.17, 15) is 10.1 Å². The molecule has 2 N–H and O–H groups in total. The number of carbonyl (C=O) groups is 1. The highest BCUT2D eigenvalue weighted by molar-refractivity contribution is 6.06. The first-order valence-electron chi connectivity index (χ1n) is 10.4. The van der Waals surface area contributed by atoms with Gasteiger partial charge in [-0.15, -0.1) is 0 Å². The van der Waals surface area contributed by atoms with Gasteiger partial charge in [0.15, 0.2) is 5.65 Å². The van der Waals surface area contributed by atoms with Crippen LogP contribution in [0.4, 0.5) is 11.6 Å². The van der Waals surface area contributed by atoms with Gasteiger partial charge >= 0.3 is 0 Å². The van der Waals surface area contributed by atoms with Crippen molar-refractivity contribution >= 4 is 28.6 Å². The molecule has 1 unspecified atom stereocenters. The average molecular weight is 403 g/mol. The molecule has 0 radical (unpaired) electrons. The lowest BCUT2D eigenvalue weighted by atomic mass is 9.94. The first kappa shape index (κ1) is 19.8. The fourth-order valence-electron chi connectivity index (χ4n) is 3.76. The molecule has 30 heavy (non-hydrogen) atoms. The Morgan fingerprint density at radius 2 is 2.13 bits per heavy atom. The second kappa shape index (κ2) is 8.11. The number of amides is 1. The molecule has 1 amide bonds. The van der Waals surface area contributed by atoms with Crippen molar-refractivity contribution in [3.05, 3.63) is 41.2 Å². The number of nitrogens with one attached hydrogen (secondary N) is 2. The first-order valence-corrected chi connectivity index (χ1v) is 10.4. The number of nitriles is 1. The minimum absolute atomic E-state index is 0.136. The van der Waals surface area contributed by atoms with Crippen LogP contribution < -0.4 is 10.6 Å². The molecular weight excluding hydrogens is 378 g/mol. The van der Waals surface area contributed by atoms with Crippen LogP contribution in [0.2, 0.25) is 0 Å². The Kier molecular flexibility index (Phi) is 5.36. The number of aromatic nitrogens is 4. The van der Waals surface area contributed by atoms with Crippen LogP contribution in [0.5, 0.6) is 0 Å². The molecule has 0 aliphatic carbocycles. The second-order valence-corrected chi connectivity index (χ2v) is 7.90. The van der Waals surface area contributed by atoms with E-state index in [-0.39, 0.29) is 11.9 Å². The molecule has 1 aliphatic heterocycles. The van der Waals surface area contributed by atoms with Crippen molar-refractivity contribution in [1.29, 1.82) is 5.26 Å². The number of carbonyl (C=O) groups excluding carboxylic acids is 1. The number of aryl methyl sites for hydroxylation is 1. The number of hydrogen-bond acceptors (Lipinski definition) is 6. The second-order valence-electron chi connectivity index (χ2n) is 7.90. The molecule has 3 aromatic rings. The zero-order valence-corrected chi connectivity index (χ0v) is 17.4. The van der Waals surface area contributed by atoms with E-state index in [2.05, 4.69) is 33.7 Å². The van der Waals surface area contributed by atoms with Crippen molar-refractivity contribution in [1.82, 2.24) is 19.7 Å². The highest BCUT2D eigenvalue weighted by Gasteiger charge is 2.35. The summed E-state index contributed by atoms with van der Waals surface area (Å²) in [5.74, 6) is -0.321. The molecule has 0 saturated carbocycles. The maximum Gasteiger partial charge on any atom is 0.238 e. The minimum Gasteiger partial charge on any atom is -0.352 e. The molecule has 3 heterocycles. The Morgan fingerprint density at radius 3 is 2.87 bits per heavy atom. The van der Waals surface area contributed by atoms with Crippen LogP contribution in [0.15, 0.2) is 24.4 Å². The normalized spacial score (nSPS) is 15.3. The fourth-order valence-corrected chi connectivity index (χ4v) is 3.76. The molecule has 0 saturated heterocycles. The van der Waals surface area contributed by atoms with E-state index in [1.807, 2.05) is 24.7 Å². The molecule has 4 rings (SSSR count). The molecule has 154 valence electrons. The topological polar surface area (TPSA) is 109 Å². The van der Waals surface area contributed by atoms with Crippen LogP contribution in [0.25, 0.3) is 11.0 Å². The van der Waals surface area contributed by atoms with Crippen LogP contribution in [-0.2, 0) is 11.3 Å². The van der Waals surface area contributed by atoms with E-state index in [4.69, 9.17) is 4.98 Å². The Morgan fingerprint density at radius 1 is 1.30 bits per heavy atom. The van der Waals surface area contributed by atoms with Crippen LogP contribution in [0, 0.1) is 11.3 Å². The van der Waals surface area contributed by atoms with E-state index in [1.165, 1.54) is 0 Å². The van der Waals surface area contributed by atoms with E-state index in [1.54, 1.807) is 18.2 Å². The fraction of sp³-hybridized carbons (Fsp3) is 0.409. The predicted molar refractivity (Wildman–Crippen MR) is 115 cm³/mol. The number of rotatable bonds is 7. The van der Waals surface area contributed by atoms with Gasteiger partial charge in [-0.05, 0) is 44.0 Å². The van der Waals surface area contributed by atoms with Gasteiger partial charge in [0.2, 0.25) is 11.9 Å². The summed E-state index contributed by atoms with van der Waals surface area (Å²) < 4.78 is 1.89. The highest BCUT2D eigenvalue weighted by Crippen LogP contribution is 2.39. The third-order valence-corrected chi connectivity index (χ3v) is 5.15. The zero-order valence-electron chi connectivity index (χ0n) is 17.4. The third-order valence-electron chi connectivity index (χ3n) is 5.15. The molecule has 2 aromatic heterocycles. The molecule has 0 fully saturated rings. The summed E-state index contributed by atoms with van der Waals surface area (Å²) in [5, 5.41) is 20.9. The third kappa shape index (κ3) is 3.71. The van der Waals surface area contributed by atoms with E-state index >= 15 is 0 Å². The Labute approximate surface area is 175 Å². The largest absolute Gasteiger partial charge is 0.352 e.